The summed E-state index contributed by atoms with van der Waals surface area (Å²) in [5.74, 6) is -0.386. The molecule has 0 fully saturated rings. The van der Waals surface area contributed by atoms with Crippen LogP contribution in [0.25, 0.3) is 0 Å². The van der Waals surface area contributed by atoms with Gasteiger partial charge in [-0.1, -0.05) is 36.2 Å². The number of hydrogen-bond donors (Lipinski definition) is 1. The highest BCUT2D eigenvalue weighted by atomic mass is 35.5. The van der Waals surface area contributed by atoms with E-state index in [1.807, 2.05) is 6.92 Å². The topological polar surface area (TPSA) is 64.6 Å². The van der Waals surface area contributed by atoms with Crippen LogP contribution in [0.1, 0.15) is 30.6 Å². The summed E-state index contributed by atoms with van der Waals surface area (Å²) in [4.78, 5) is 24.4. The van der Waals surface area contributed by atoms with Gasteiger partial charge in [0.1, 0.15) is 5.75 Å². The third kappa shape index (κ3) is 5.38. The summed E-state index contributed by atoms with van der Waals surface area (Å²) in [7, 11) is 0. The van der Waals surface area contributed by atoms with Crippen LogP contribution in [-0.4, -0.2) is 24.6 Å². The number of carbonyl (C=O) groups excluding carboxylic acids is 2. The van der Waals surface area contributed by atoms with Crippen LogP contribution < -0.4 is 10.1 Å². The molecule has 0 aliphatic rings. The highest BCUT2D eigenvalue weighted by molar-refractivity contribution is 6.33. The van der Waals surface area contributed by atoms with Crippen LogP contribution in [-0.2, 0) is 9.53 Å². The summed E-state index contributed by atoms with van der Waals surface area (Å²) in [6, 6.07) is 11.4. The molecular weight excluding hydrogens is 377 g/mol. The Morgan fingerprint density at radius 3 is 2.54 bits per heavy atom. The molecule has 0 aliphatic carbocycles. The molecule has 7 heteroatoms. The van der Waals surface area contributed by atoms with E-state index < -0.39 is 12.1 Å². The molecule has 2 aromatic rings. The van der Waals surface area contributed by atoms with Crippen molar-refractivity contribution in [2.75, 3.05) is 11.9 Å². The van der Waals surface area contributed by atoms with E-state index in [4.69, 9.17) is 32.7 Å². The van der Waals surface area contributed by atoms with Crippen LogP contribution in [0.4, 0.5) is 5.69 Å². The van der Waals surface area contributed by atoms with Crippen LogP contribution in [0.15, 0.2) is 42.5 Å². The second-order valence-electron chi connectivity index (χ2n) is 5.38. The van der Waals surface area contributed by atoms with Crippen molar-refractivity contribution in [3.63, 3.8) is 0 Å². The van der Waals surface area contributed by atoms with E-state index in [0.717, 1.165) is 0 Å². The average molecular weight is 396 g/mol. The number of esters is 1. The van der Waals surface area contributed by atoms with Crippen LogP contribution in [0, 0.1) is 0 Å². The van der Waals surface area contributed by atoms with Crippen molar-refractivity contribution in [1.29, 1.82) is 0 Å². The number of ether oxygens (including phenoxy) is 2. The first kappa shape index (κ1) is 20.1. The van der Waals surface area contributed by atoms with E-state index in [1.54, 1.807) is 37.3 Å². The van der Waals surface area contributed by atoms with E-state index in [-0.39, 0.29) is 23.1 Å². The summed E-state index contributed by atoms with van der Waals surface area (Å²) in [5, 5.41) is 3.51. The predicted molar refractivity (Wildman–Crippen MR) is 102 cm³/mol. The number of anilines is 1. The molecule has 1 N–H and O–H groups in total. The Kier molecular flexibility index (Phi) is 7.30. The lowest BCUT2D eigenvalue weighted by atomic mass is 10.2. The number of hydrogen-bond acceptors (Lipinski definition) is 4. The maximum Gasteiger partial charge on any atom is 0.339 e. The second kappa shape index (κ2) is 9.46. The van der Waals surface area contributed by atoms with E-state index in [1.165, 1.54) is 12.1 Å². The third-order valence-corrected chi connectivity index (χ3v) is 4.03. The number of halogens is 2. The number of rotatable bonds is 7. The summed E-state index contributed by atoms with van der Waals surface area (Å²) >= 11 is 12.0. The fourth-order valence-corrected chi connectivity index (χ4v) is 2.59. The fraction of sp³-hybridized carbons (Fsp3) is 0.263. The summed E-state index contributed by atoms with van der Waals surface area (Å²) in [5.41, 5.74) is 0.616. The van der Waals surface area contributed by atoms with Gasteiger partial charge in [-0.15, -0.1) is 0 Å². The lowest BCUT2D eigenvalue weighted by Gasteiger charge is -2.18. The van der Waals surface area contributed by atoms with Gasteiger partial charge in [0.05, 0.1) is 17.2 Å². The molecule has 1 amide bonds. The molecule has 0 aliphatic heterocycles. The molecule has 0 heterocycles. The zero-order valence-electron chi connectivity index (χ0n) is 14.4. The maximum atomic E-state index is 12.5. The van der Waals surface area contributed by atoms with Gasteiger partial charge in [-0.05, 0) is 49.7 Å². The van der Waals surface area contributed by atoms with E-state index in [2.05, 4.69) is 5.32 Å². The Morgan fingerprint density at radius 1 is 1.12 bits per heavy atom. The molecule has 1 atom stereocenters. The van der Waals surface area contributed by atoms with E-state index in [9.17, 15) is 9.59 Å². The number of amides is 1. The standard InChI is InChI=1S/C19H19Cl2NO4/c1-3-17(26-14-7-5-6-12(20)10-14)18(23)22-13-8-9-16(21)15(11-13)19(24)25-4-2/h5-11,17H,3-4H2,1-2H3,(H,22,23)/t17-/m1/s1. The van der Waals surface area contributed by atoms with Gasteiger partial charge in [0, 0.05) is 10.7 Å². The highest BCUT2D eigenvalue weighted by Crippen LogP contribution is 2.23. The number of carbonyl (C=O) groups is 2. The van der Waals surface area contributed by atoms with Gasteiger partial charge in [-0.3, -0.25) is 4.79 Å². The first-order valence-electron chi connectivity index (χ1n) is 8.14. The molecule has 0 radical (unpaired) electrons. The third-order valence-electron chi connectivity index (χ3n) is 3.47. The molecule has 138 valence electrons. The van der Waals surface area contributed by atoms with E-state index >= 15 is 0 Å². The second-order valence-corrected chi connectivity index (χ2v) is 6.22. The lowest BCUT2D eigenvalue weighted by Crippen LogP contribution is -2.32. The molecule has 0 saturated carbocycles. The zero-order chi connectivity index (χ0) is 19.1. The largest absolute Gasteiger partial charge is 0.481 e. The summed E-state index contributed by atoms with van der Waals surface area (Å²) < 4.78 is 10.7. The zero-order valence-corrected chi connectivity index (χ0v) is 15.9. The molecule has 26 heavy (non-hydrogen) atoms. The Morgan fingerprint density at radius 2 is 1.88 bits per heavy atom. The van der Waals surface area contributed by atoms with Crippen LogP contribution in [0.3, 0.4) is 0 Å². The molecule has 0 saturated heterocycles. The molecule has 0 bridgehead atoms. The van der Waals surface area contributed by atoms with Gasteiger partial charge >= 0.3 is 5.97 Å². The van der Waals surface area contributed by atoms with Gasteiger partial charge in [0.25, 0.3) is 5.91 Å². The molecule has 5 nitrogen and oxygen atoms in total. The minimum Gasteiger partial charge on any atom is -0.481 e. The van der Waals surface area contributed by atoms with Crippen LogP contribution in [0.5, 0.6) is 5.75 Å². The van der Waals surface area contributed by atoms with Crippen molar-refractivity contribution in [3.8, 4) is 5.75 Å². The predicted octanol–water partition coefficient (Wildman–Crippen LogP) is 4.97. The average Bonchev–Trinajstić information content (AvgIpc) is 2.61. The van der Waals surface area contributed by atoms with Crippen molar-refractivity contribution < 1.29 is 19.1 Å². The number of benzene rings is 2. The normalized spacial score (nSPS) is 11.5. The molecule has 0 spiro atoms. The van der Waals surface area contributed by atoms with Crippen molar-refractivity contribution >= 4 is 40.8 Å². The SMILES string of the molecule is CCOC(=O)c1cc(NC(=O)[C@@H](CC)Oc2cccc(Cl)c2)ccc1Cl. The summed E-state index contributed by atoms with van der Waals surface area (Å²) in [6.45, 7) is 3.77. The molecule has 0 aromatic heterocycles. The minimum atomic E-state index is -0.713. The van der Waals surface area contributed by atoms with Gasteiger partial charge in [-0.25, -0.2) is 4.79 Å². The summed E-state index contributed by atoms with van der Waals surface area (Å²) in [6.07, 6.45) is -0.258. The van der Waals surface area contributed by atoms with Crippen molar-refractivity contribution in [2.24, 2.45) is 0 Å². The quantitative estimate of drug-likeness (QED) is 0.672. The van der Waals surface area contributed by atoms with Gasteiger partial charge < -0.3 is 14.8 Å². The Bertz CT molecular complexity index is 795. The van der Waals surface area contributed by atoms with Gasteiger partial charge in [-0.2, -0.15) is 0 Å². The minimum absolute atomic E-state index is 0.190. The lowest BCUT2D eigenvalue weighted by molar-refractivity contribution is -0.122. The highest BCUT2D eigenvalue weighted by Gasteiger charge is 2.20. The van der Waals surface area contributed by atoms with Gasteiger partial charge in [0.2, 0.25) is 0 Å². The Labute approximate surface area is 162 Å². The monoisotopic (exact) mass is 395 g/mol. The molecular formula is C19H19Cl2NO4. The maximum absolute atomic E-state index is 12.5. The van der Waals surface area contributed by atoms with Gasteiger partial charge in [0.15, 0.2) is 6.10 Å². The Balaban J connectivity index is 2.12. The number of nitrogens with one attached hydrogen (secondary N) is 1. The smallest absolute Gasteiger partial charge is 0.339 e. The fourth-order valence-electron chi connectivity index (χ4n) is 2.22. The van der Waals surface area contributed by atoms with Crippen LogP contribution in [0.2, 0.25) is 10.0 Å². The first-order valence-corrected chi connectivity index (χ1v) is 8.90. The Hall–Kier alpha value is -2.24. The molecule has 0 unspecified atom stereocenters. The van der Waals surface area contributed by atoms with Crippen molar-refractivity contribution in [2.45, 2.75) is 26.4 Å². The van der Waals surface area contributed by atoms with Crippen molar-refractivity contribution in [1.82, 2.24) is 0 Å². The van der Waals surface area contributed by atoms with E-state index in [0.29, 0.717) is 22.9 Å². The van der Waals surface area contributed by atoms with Crippen molar-refractivity contribution in [3.05, 3.63) is 58.1 Å². The van der Waals surface area contributed by atoms with Crippen LogP contribution >= 0.6 is 23.2 Å². The first-order chi connectivity index (χ1) is 12.4. The molecule has 2 rings (SSSR count). The molecule has 2 aromatic carbocycles.